The summed E-state index contributed by atoms with van der Waals surface area (Å²) in [6.45, 7) is 2.14. The number of aromatic carboxylic acids is 1. The number of pyridine rings is 1. The molecular formula is C26H26F3NO3. The van der Waals surface area contributed by atoms with Crippen LogP contribution < -0.4 is 4.74 Å². The average molecular weight is 457 g/mol. The fraction of sp³-hybridized carbons (Fsp3) is 0.308. The number of hydrogen-bond acceptors (Lipinski definition) is 3. The van der Waals surface area contributed by atoms with Crippen LogP contribution in [0.5, 0.6) is 5.75 Å². The van der Waals surface area contributed by atoms with E-state index < -0.39 is 17.7 Å². The van der Waals surface area contributed by atoms with Crippen molar-refractivity contribution in [3.05, 3.63) is 83.6 Å². The predicted octanol–water partition coefficient (Wildman–Crippen LogP) is 7.56. The van der Waals surface area contributed by atoms with Crippen molar-refractivity contribution in [3.63, 3.8) is 0 Å². The summed E-state index contributed by atoms with van der Waals surface area (Å²) in [7, 11) is 0. The summed E-state index contributed by atoms with van der Waals surface area (Å²) >= 11 is 0. The summed E-state index contributed by atoms with van der Waals surface area (Å²) in [5.41, 5.74) is 1.51. The molecule has 4 nitrogen and oxygen atoms in total. The summed E-state index contributed by atoms with van der Waals surface area (Å²) in [5.74, 6) is -0.437. The first kappa shape index (κ1) is 24.3. The molecule has 0 saturated heterocycles. The van der Waals surface area contributed by atoms with Gasteiger partial charge in [0.25, 0.3) is 0 Å². The second-order valence-electron chi connectivity index (χ2n) is 7.84. The number of nitrogens with zero attached hydrogens (tertiary/aromatic N) is 1. The normalized spacial score (nSPS) is 12.4. The molecule has 0 aliphatic carbocycles. The fourth-order valence-electron chi connectivity index (χ4n) is 3.49. The third kappa shape index (κ3) is 6.81. The number of alkyl halides is 3. The van der Waals surface area contributed by atoms with Crippen molar-refractivity contribution >= 4 is 5.97 Å². The van der Waals surface area contributed by atoms with Crippen LogP contribution >= 0.6 is 0 Å². The number of hydrogen-bond donors (Lipinski definition) is 1. The van der Waals surface area contributed by atoms with Gasteiger partial charge in [-0.25, -0.2) is 4.79 Å². The van der Waals surface area contributed by atoms with Crippen LogP contribution in [0.3, 0.4) is 0 Å². The Bertz CT molecular complexity index is 1030. The molecular weight excluding hydrogens is 431 g/mol. The summed E-state index contributed by atoms with van der Waals surface area (Å²) in [6, 6.07) is 14.8. The number of benzene rings is 2. The second-order valence-corrected chi connectivity index (χ2v) is 7.84. The highest BCUT2D eigenvalue weighted by Crippen LogP contribution is 2.32. The van der Waals surface area contributed by atoms with Crippen molar-refractivity contribution in [2.45, 2.75) is 51.3 Å². The van der Waals surface area contributed by atoms with Crippen molar-refractivity contribution in [1.82, 2.24) is 4.98 Å². The first-order valence-electron chi connectivity index (χ1n) is 10.9. The third-order valence-corrected chi connectivity index (χ3v) is 5.37. The molecule has 1 atom stereocenters. The Morgan fingerprint density at radius 1 is 0.970 bits per heavy atom. The smallest absolute Gasteiger partial charge is 0.416 e. The molecule has 0 unspecified atom stereocenters. The number of unbranched alkanes of at least 4 members (excludes halogenated alkanes) is 3. The minimum absolute atomic E-state index is 0.185. The largest absolute Gasteiger partial charge is 0.486 e. The molecule has 0 fully saturated rings. The van der Waals surface area contributed by atoms with E-state index in [0.717, 1.165) is 49.8 Å². The van der Waals surface area contributed by atoms with Crippen molar-refractivity contribution in [3.8, 4) is 17.0 Å². The van der Waals surface area contributed by atoms with E-state index in [9.17, 15) is 18.0 Å². The van der Waals surface area contributed by atoms with Gasteiger partial charge < -0.3 is 9.84 Å². The summed E-state index contributed by atoms with van der Waals surface area (Å²) in [6.07, 6.45) is 2.09. The quantitative estimate of drug-likeness (QED) is 0.319. The Morgan fingerprint density at radius 2 is 1.67 bits per heavy atom. The zero-order valence-electron chi connectivity index (χ0n) is 18.3. The Hall–Kier alpha value is -3.35. The standard InChI is InChI=1S/C26H26F3NO3/c1-2-3-4-5-6-24(33-22-14-9-19(10-15-22)25(31)32)20-11-16-23(30-17-20)18-7-12-21(13-8-18)26(27,28)29/h7-17,24H,2-6H2,1H3,(H,31,32)/t24-/m0/s1. The lowest BCUT2D eigenvalue weighted by Gasteiger charge is -2.20. The maximum absolute atomic E-state index is 12.8. The van der Waals surface area contributed by atoms with E-state index >= 15 is 0 Å². The van der Waals surface area contributed by atoms with Gasteiger partial charge >= 0.3 is 12.1 Å². The van der Waals surface area contributed by atoms with Gasteiger partial charge in [0, 0.05) is 17.3 Å². The molecule has 0 aliphatic heterocycles. The van der Waals surface area contributed by atoms with Crippen molar-refractivity contribution < 1.29 is 27.8 Å². The second kappa shape index (κ2) is 11.0. The first-order chi connectivity index (χ1) is 15.8. The highest BCUT2D eigenvalue weighted by atomic mass is 19.4. The predicted molar refractivity (Wildman–Crippen MR) is 120 cm³/mol. The molecule has 0 saturated carbocycles. The van der Waals surface area contributed by atoms with E-state index in [1.165, 1.54) is 24.3 Å². The first-order valence-corrected chi connectivity index (χ1v) is 10.9. The highest BCUT2D eigenvalue weighted by Gasteiger charge is 2.30. The van der Waals surface area contributed by atoms with Crippen LogP contribution in [0.15, 0.2) is 66.9 Å². The molecule has 1 N–H and O–H groups in total. The molecule has 33 heavy (non-hydrogen) atoms. The molecule has 2 aromatic carbocycles. The van der Waals surface area contributed by atoms with Crippen molar-refractivity contribution in [1.29, 1.82) is 0 Å². The summed E-state index contributed by atoms with van der Waals surface area (Å²) in [4.78, 5) is 15.5. The van der Waals surface area contributed by atoms with E-state index in [1.54, 1.807) is 24.4 Å². The summed E-state index contributed by atoms with van der Waals surface area (Å²) < 4.78 is 44.5. The fourth-order valence-corrected chi connectivity index (χ4v) is 3.49. The molecule has 3 rings (SSSR count). The maximum atomic E-state index is 12.8. The number of ether oxygens (including phenoxy) is 1. The highest BCUT2D eigenvalue weighted by molar-refractivity contribution is 5.87. The number of carbonyl (C=O) groups is 1. The Morgan fingerprint density at radius 3 is 2.21 bits per heavy atom. The lowest BCUT2D eigenvalue weighted by molar-refractivity contribution is -0.137. The molecule has 174 valence electrons. The van der Waals surface area contributed by atoms with Gasteiger partial charge in [0.2, 0.25) is 0 Å². The van der Waals surface area contributed by atoms with Gasteiger partial charge in [-0.2, -0.15) is 13.2 Å². The van der Waals surface area contributed by atoms with Crippen molar-refractivity contribution in [2.75, 3.05) is 0 Å². The molecule has 0 spiro atoms. The lowest BCUT2D eigenvalue weighted by Crippen LogP contribution is -2.09. The van der Waals surface area contributed by atoms with E-state index in [1.807, 2.05) is 6.07 Å². The Kier molecular flexibility index (Phi) is 8.09. The molecule has 0 bridgehead atoms. The van der Waals surface area contributed by atoms with Crippen molar-refractivity contribution in [2.24, 2.45) is 0 Å². The van der Waals surface area contributed by atoms with Crippen LogP contribution in [0, 0.1) is 0 Å². The molecule has 0 amide bonds. The zero-order chi connectivity index (χ0) is 23.8. The van der Waals surface area contributed by atoms with Crippen LogP contribution in [0.4, 0.5) is 13.2 Å². The van der Waals surface area contributed by atoms with Gasteiger partial charge in [-0.3, -0.25) is 4.98 Å². The number of halogens is 3. The third-order valence-electron chi connectivity index (χ3n) is 5.37. The topological polar surface area (TPSA) is 59.4 Å². The van der Waals surface area contributed by atoms with Gasteiger partial charge in [-0.1, -0.05) is 44.4 Å². The number of carboxylic acid groups (broad SMARTS) is 1. The van der Waals surface area contributed by atoms with Crippen LogP contribution in [-0.4, -0.2) is 16.1 Å². The Labute approximate surface area is 191 Å². The molecule has 7 heteroatoms. The van der Waals surface area contributed by atoms with Gasteiger partial charge in [-0.05, 0) is 55.3 Å². The SMILES string of the molecule is CCCCCC[C@H](Oc1ccc(C(=O)O)cc1)c1ccc(-c2ccc(C(F)(F)F)cc2)nc1. The van der Waals surface area contributed by atoms with E-state index in [0.29, 0.717) is 17.0 Å². The van der Waals surface area contributed by atoms with Gasteiger partial charge in [0.05, 0.1) is 16.8 Å². The average Bonchev–Trinajstić information content (AvgIpc) is 2.81. The molecule has 1 aromatic heterocycles. The number of carboxylic acids is 1. The minimum Gasteiger partial charge on any atom is -0.486 e. The van der Waals surface area contributed by atoms with E-state index in [4.69, 9.17) is 9.84 Å². The monoisotopic (exact) mass is 457 g/mol. The van der Waals surface area contributed by atoms with Crippen LogP contribution in [-0.2, 0) is 6.18 Å². The lowest BCUT2D eigenvalue weighted by atomic mass is 10.0. The van der Waals surface area contributed by atoms with E-state index in [2.05, 4.69) is 11.9 Å². The van der Waals surface area contributed by atoms with Crippen LogP contribution in [0.1, 0.15) is 66.6 Å². The Balaban J connectivity index is 1.77. The summed E-state index contributed by atoms with van der Waals surface area (Å²) in [5, 5.41) is 9.07. The zero-order valence-corrected chi connectivity index (χ0v) is 18.3. The van der Waals surface area contributed by atoms with Gasteiger partial charge in [-0.15, -0.1) is 0 Å². The maximum Gasteiger partial charge on any atom is 0.416 e. The number of rotatable bonds is 10. The van der Waals surface area contributed by atoms with Gasteiger partial charge in [0.1, 0.15) is 11.9 Å². The number of aromatic nitrogens is 1. The van der Waals surface area contributed by atoms with Gasteiger partial charge in [0.15, 0.2) is 0 Å². The minimum atomic E-state index is -4.37. The molecule has 3 aromatic rings. The molecule has 0 radical (unpaired) electrons. The molecule has 0 aliphatic rings. The molecule has 1 heterocycles. The van der Waals surface area contributed by atoms with Crippen LogP contribution in [0.2, 0.25) is 0 Å². The van der Waals surface area contributed by atoms with Crippen LogP contribution in [0.25, 0.3) is 11.3 Å². The van der Waals surface area contributed by atoms with E-state index in [-0.39, 0.29) is 11.7 Å².